The summed E-state index contributed by atoms with van der Waals surface area (Å²) in [6.07, 6.45) is 0. The highest BCUT2D eigenvalue weighted by molar-refractivity contribution is 7.91. The smallest absolute Gasteiger partial charge is 0.254 e. The van der Waals surface area contributed by atoms with Crippen molar-refractivity contribution >= 4 is 33.0 Å². The fraction of sp³-hybridized carbons (Fsp3) is 0.667. The molecule has 1 N–H and O–H groups in total. The van der Waals surface area contributed by atoms with Crippen LogP contribution >= 0.6 is 22.9 Å². The Labute approximate surface area is 110 Å². The SMILES string of the molecule is Cc1nc(Cl)sc1S(=O)(=O)N(C)CC(C)(C)O. The predicted molar refractivity (Wildman–Crippen MR) is 68.0 cm³/mol. The summed E-state index contributed by atoms with van der Waals surface area (Å²) >= 11 is 6.60. The molecule has 0 saturated heterocycles. The molecule has 98 valence electrons. The van der Waals surface area contributed by atoms with E-state index in [2.05, 4.69) is 4.98 Å². The topological polar surface area (TPSA) is 70.5 Å². The number of hydrogen-bond donors (Lipinski definition) is 1. The quantitative estimate of drug-likeness (QED) is 0.914. The van der Waals surface area contributed by atoms with Gasteiger partial charge < -0.3 is 5.11 Å². The molecule has 17 heavy (non-hydrogen) atoms. The number of aryl methyl sites for hydroxylation is 1. The molecule has 0 radical (unpaired) electrons. The number of hydrogen-bond acceptors (Lipinski definition) is 5. The first-order valence-corrected chi connectivity index (χ1v) is 7.49. The maximum Gasteiger partial charge on any atom is 0.254 e. The lowest BCUT2D eigenvalue weighted by Crippen LogP contribution is -2.39. The Balaban J connectivity index is 3.08. The van der Waals surface area contributed by atoms with Gasteiger partial charge >= 0.3 is 0 Å². The molecule has 1 heterocycles. The lowest BCUT2D eigenvalue weighted by Gasteiger charge is -2.24. The zero-order chi connectivity index (χ0) is 13.4. The van der Waals surface area contributed by atoms with E-state index < -0.39 is 15.6 Å². The van der Waals surface area contributed by atoms with Gasteiger partial charge in [-0.05, 0) is 20.8 Å². The fourth-order valence-electron chi connectivity index (χ4n) is 1.36. The lowest BCUT2D eigenvalue weighted by atomic mass is 10.1. The highest BCUT2D eigenvalue weighted by Gasteiger charge is 2.29. The summed E-state index contributed by atoms with van der Waals surface area (Å²) < 4.78 is 25.8. The van der Waals surface area contributed by atoms with E-state index in [-0.39, 0.29) is 15.2 Å². The number of nitrogens with zero attached hydrogens (tertiary/aromatic N) is 2. The van der Waals surface area contributed by atoms with Gasteiger partial charge in [0.25, 0.3) is 10.0 Å². The maximum atomic E-state index is 12.2. The number of aromatic nitrogens is 1. The van der Waals surface area contributed by atoms with Gasteiger partial charge in [-0.2, -0.15) is 4.31 Å². The van der Waals surface area contributed by atoms with Gasteiger partial charge in [0, 0.05) is 13.6 Å². The molecular formula is C9H15ClN2O3S2. The molecule has 5 nitrogen and oxygen atoms in total. The van der Waals surface area contributed by atoms with Crippen molar-refractivity contribution in [2.24, 2.45) is 0 Å². The number of halogens is 1. The Hall–Kier alpha value is -0.210. The molecule has 0 unspecified atom stereocenters. The third-order valence-corrected chi connectivity index (χ3v) is 5.63. The summed E-state index contributed by atoms with van der Waals surface area (Å²) in [7, 11) is -2.22. The Morgan fingerprint density at radius 1 is 1.53 bits per heavy atom. The monoisotopic (exact) mass is 298 g/mol. The van der Waals surface area contributed by atoms with Crippen LogP contribution in [0, 0.1) is 6.92 Å². The Bertz CT molecular complexity index is 505. The van der Waals surface area contributed by atoms with Gasteiger partial charge in [0.15, 0.2) is 8.68 Å². The van der Waals surface area contributed by atoms with Crippen LogP contribution in [0.3, 0.4) is 0 Å². The van der Waals surface area contributed by atoms with Crippen molar-refractivity contribution in [2.75, 3.05) is 13.6 Å². The number of aliphatic hydroxyl groups is 1. The first-order valence-electron chi connectivity index (χ1n) is 4.86. The van der Waals surface area contributed by atoms with E-state index in [1.54, 1.807) is 20.8 Å². The Morgan fingerprint density at radius 2 is 2.06 bits per heavy atom. The van der Waals surface area contributed by atoms with Crippen LogP contribution in [0.15, 0.2) is 4.21 Å². The van der Waals surface area contributed by atoms with Crippen LogP contribution in [-0.4, -0.2) is 42.0 Å². The van der Waals surface area contributed by atoms with Crippen molar-refractivity contribution in [2.45, 2.75) is 30.6 Å². The maximum absolute atomic E-state index is 12.2. The van der Waals surface area contributed by atoms with Crippen LogP contribution in [-0.2, 0) is 10.0 Å². The molecule has 0 aliphatic carbocycles. The van der Waals surface area contributed by atoms with Gasteiger partial charge in [0.05, 0.1) is 11.3 Å². The molecule has 0 saturated carbocycles. The molecule has 0 aromatic carbocycles. The molecule has 0 amide bonds. The van der Waals surface area contributed by atoms with Gasteiger partial charge in [-0.1, -0.05) is 22.9 Å². The zero-order valence-electron chi connectivity index (χ0n) is 10.1. The van der Waals surface area contributed by atoms with Crippen molar-refractivity contribution in [3.8, 4) is 0 Å². The number of sulfonamides is 1. The van der Waals surface area contributed by atoms with Crippen molar-refractivity contribution < 1.29 is 13.5 Å². The summed E-state index contributed by atoms with van der Waals surface area (Å²) in [6, 6.07) is 0. The molecule has 8 heteroatoms. The van der Waals surface area contributed by atoms with E-state index in [1.807, 2.05) is 0 Å². The highest BCUT2D eigenvalue weighted by Crippen LogP contribution is 2.29. The molecular weight excluding hydrogens is 284 g/mol. The second-order valence-corrected chi connectivity index (χ2v) is 8.23. The van der Waals surface area contributed by atoms with E-state index in [9.17, 15) is 13.5 Å². The number of likely N-dealkylation sites (N-methyl/N-ethyl adjacent to an activating group) is 1. The van der Waals surface area contributed by atoms with Crippen LogP contribution < -0.4 is 0 Å². The van der Waals surface area contributed by atoms with E-state index in [4.69, 9.17) is 11.6 Å². The molecule has 0 aliphatic rings. The van der Waals surface area contributed by atoms with E-state index in [1.165, 1.54) is 7.05 Å². The molecule has 1 aromatic heterocycles. The van der Waals surface area contributed by atoms with Crippen LogP contribution in [0.4, 0.5) is 0 Å². The van der Waals surface area contributed by atoms with Crippen LogP contribution in [0.1, 0.15) is 19.5 Å². The molecule has 1 aromatic rings. The third-order valence-electron chi connectivity index (χ3n) is 1.98. The summed E-state index contributed by atoms with van der Waals surface area (Å²) in [5.74, 6) is 0. The molecule has 0 spiro atoms. The summed E-state index contributed by atoms with van der Waals surface area (Å²) in [5.41, 5.74) is -0.716. The highest BCUT2D eigenvalue weighted by atomic mass is 35.5. The summed E-state index contributed by atoms with van der Waals surface area (Å²) in [5, 5.41) is 9.63. The molecule has 0 fully saturated rings. The van der Waals surface area contributed by atoms with Gasteiger partial charge in [-0.25, -0.2) is 13.4 Å². The van der Waals surface area contributed by atoms with E-state index in [0.717, 1.165) is 15.6 Å². The Kier molecular flexibility index (Phi) is 4.20. The molecule has 0 bridgehead atoms. The minimum absolute atomic E-state index is 0.00426. The second-order valence-electron chi connectivity index (χ2n) is 4.41. The first-order chi connectivity index (χ1) is 7.54. The molecule has 0 aliphatic heterocycles. The number of thiazole rings is 1. The normalized spacial score (nSPS) is 13.4. The first kappa shape index (κ1) is 14.8. The standard InChI is InChI=1S/C9H15ClN2O3S2/c1-6-7(16-8(10)11-6)17(14,15)12(4)5-9(2,3)13/h13H,5H2,1-4H3. The lowest BCUT2D eigenvalue weighted by molar-refractivity contribution is 0.0640. The van der Waals surface area contributed by atoms with Crippen LogP contribution in [0.2, 0.25) is 4.47 Å². The summed E-state index contributed by atoms with van der Waals surface area (Å²) in [6.45, 7) is 4.69. The molecule has 1 rings (SSSR count). The van der Waals surface area contributed by atoms with Gasteiger partial charge in [0.1, 0.15) is 0 Å². The van der Waals surface area contributed by atoms with Crippen molar-refractivity contribution in [1.29, 1.82) is 0 Å². The van der Waals surface area contributed by atoms with Crippen LogP contribution in [0.25, 0.3) is 0 Å². The van der Waals surface area contributed by atoms with Gasteiger partial charge in [-0.3, -0.25) is 0 Å². The second kappa shape index (κ2) is 4.81. The van der Waals surface area contributed by atoms with Crippen molar-refractivity contribution in [3.63, 3.8) is 0 Å². The average Bonchev–Trinajstić information content (AvgIpc) is 2.42. The zero-order valence-corrected chi connectivity index (χ0v) is 12.4. The van der Waals surface area contributed by atoms with E-state index in [0.29, 0.717) is 5.69 Å². The van der Waals surface area contributed by atoms with Crippen molar-refractivity contribution in [1.82, 2.24) is 9.29 Å². The largest absolute Gasteiger partial charge is 0.389 e. The fourth-order valence-corrected chi connectivity index (χ4v) is 4.61. The third kappa shape index (κ3) is 3.62. The summed E-state index contributed by atoms with van der Waals surface area (Å²) in [4.78, 5) is 3.87. The van der Waals surface area contributed by atoms with Gasteiger partial charge in [-0.15, -0.1) is 0 Å². The van der Waals surface area contributed by atoms with Crippen LogP contribution in [0.5, 0.6) is 0 Å². The van der Waals surface area contributed by atoms with E-state index >= 15 is 0 Å². The molecule has 0 atom stereocenters. The van der Waals surface area contributed by atoms with Crippen molar-refractivity contribution in [3.05, 3.63) is 10.2 Å². The average molecular weight is 299 g/mol. The minimum Gasteiger partial charge on any atom is -0.389 e. The number of rotatable bonds is 4. The Morgan fingerprint density at radius 3 is 2.41 bits per heavy atom. The predicted octanol–water partition coefficient (Wildman–Crippen LogP) is 1.50. The van der Waals surface area contributed by atoms with Gasteiger partial charge in [0.2, 0.25) is 0 Å². The minimum atomic E-state index is -3.64.